The second-order valence-corrected chi connectivity index (χ2v) is 8.03. The maximum absolute atomic E-state index is 12.3. The van der Waals surface area contributed by atoms with Gasteiger partial charge in [0.25, 0.3) is 11.8 Å². The van der Waals surface area contributed by atoms with Crippen LogP contribution in [0.2, 0.25) is 0 Å². The number of carbonyl (C=O) groups excluding carboxylic acids is 3. The fourth-order valence-corrected chi connectivity index (χ4v) is 3.85. The minimum atomic E-state index is -0.629. The van der Waals surface area contributed by atoms with Crippen molar-refractivity contribution in [2.75, 3.05) is 26.2 Å². The predicted molar refractivity (Wildman–Crippen MR) is 115 cm³/mol. The first kappa shape index (κ1) is 21.6. The molecule has 3 rings (SSSR count). The number of amides is 2. The first-order valence-electron chi connectivity index (χ1n) is 10.3. The molecule has 1 N–H and O–H groups in total. The Morgan fingerprint density at radius 3 is 2.17 bits per heavy atom. The zero-order valence-corrected chi connectivity index (χ0v) is 17.5. The number of ether oxygens (including phenoxy) is 1. The molecule has 2 atom stereocenters. The van der Waals surface area contributed by atoms with Crippen molar-refractivity contribution in [3.63, 3.8) is 0 Å². The van der Waals surface area contributed by atoms with E-state index in [4.69, 9.17) is 4.74 Å². The van der Waals surface area contributed by atoms with E-state index in [1.54, 1.807) is 17.0 Å². The standard InChI is InChI=1S/C24H28N2O4/c1-17-12-18(2)15-26(14-17)22(27)16-30-23(28)13-25-24(29)21-10-8-20(9-11-21)19-6-4-3-5-7-19/h3-11,17-18H,12-16H2,1-2H3,(H,25,29)/t17-,18-/m0/s1. The summed E-state index contributed by atoms with van der Waals surface area (Å²) in [5.74, 6) is -0.293. The normalized spacial score (nSPS) is 18.5. The van der Waals surface area contributed by atoms with Crippen LogP contribution in [-0.4, -0.2) is 48.9 Å². The summed E-state index contributed by atoms with van der Waals surface area (Å²) in [4.78, 5) is 38.2. The molecule has 158 valence electrons. The number of likely N-dealkylation sites (tertiary alicyclic amines) is 1. The van der Waals surface area contributed by atoms with Gasteiger partial charge in [0, 0.05) is 18.7 Å². The lowest BCUT2D eigenvalue weighted by atomic mass is 9.92. The molecule has 1 saturated heterocycles. The van der Waals surface area contributed by atoms with Crippen LogP contribution >= 0.6 is 0 Å². The number of hydrogen-bond acceptors (Lipinski definition) is 4. The SMILES string of the molecule is C[C@H]1C[C@H](C)CN(C(=O)COC(=O)CNC(=O)c2ccc(-c3ccccc3)cc2)C1. The Kier molecular flexibility index (Phi) is 7.22. The summed E-state index contributed by atoms with van der Waals surface area (Å²) >= 11 is 0. The number of nitrogens with one attached hydrogen (secondary N) is 1. The quantitative estimate of drug-likeness (QED) is 0.745. The largest absolute Gasteiger partial charge is 0.454 e. The highest BCUT2D eigenvalue weighted by molar-refractivity contribution is 5.96. The summed E-state index contributed by atoms with van der Waals surface area (Å²) in [6.45, 7) is 5.04. The van der Waals surface area contributed by atoms with Crippen molar-refractivity contribution in [2.24, 2.45) is 11.8 Å². The third-order valence-electron chi connectivity index (χ3n) is 5.23. The second kappa shape index (κ2) is 10.1. The van der Waals surface area contributed by atoms with Gasteiger partial charge in [-0.2, -0.15) is 0 Å². The van der Waals surface area contributed by atoms with Crippen molar-refractivity contribution in [1.82, 2.24) is 10.2 Å². The third kappa shape index (κ3) is 5.92. The van der Waals surface area contributed by atoms with E-state index < -0.39 is 5.97 Å². The highest BCUT2D eigenvalue weighted by atomic mass is 16.5. The number of piperidine rings is 1. The van der Waals surface area contributed by atoms with Crippen molar-refractivity contribution >= 4 is 17.8 Å². The molecule has 0 aromatic heterocycles. The minimum Gasteiger partial charge on any atom is -0.454 e. The maximum Gasteiger partial charge on any atom is 0.325 e. The Bertz CT molecular complexity index is 870. The lowest BCUT2D eigenvalue weighted by Gasteiger charge is -2.34. The summed E-state index contributed by atoms with van der Waals surface area (Å²) in [6, 6.07) is 17.0. The molecular weight excluding hydrogens is 380 g/mol. The molecule has 6 heteroatoms. The van der Waals surface area contributed by atoms with Gasteiger partial charge in [-0.25, -0.2) is 0 Å². The van der Waals surface area contributed by atoms with Gasteiger partial charge in [-0.15, -0.1) is 0 Å². The molecule has 0 saturated carbocycles. The summed E-state index contributed by atoms with van der Waals surface area (Å²) in [5, 5.41) is 2.54. The van der Waals surface area contributed by atoms with Crippen molar-refractivity contribution in [3.8, 4) is 11.1 Å². The van der Waals surface area contributed by atoms with Crippen LogP contribution in [0.25, 0.3) is 11.1 Å². The van der Waals surface area contributed by atoms with E-state index >= 15 is 0 Å². The maximum atomic E-state index is 12.3. The van der Waals surface area contributed by atoms with Crippen LogP contribution in [0.4, 0.5) is 0 Å². The number of carbonyl (C=O) groups is 3. The molecule has 6 nitrogen and oxygen atoms in total. The topological polar surface area (TPSA) is 75.7 Å². The van der Waals surface area contributed by atoms with E-state index in [9.17, 15) is 14.4 Å². The molecular formula is C24H28N2O4. The summed E-state index contributed by atoms with van der Waals surface area (Å²) in [5.41, 5.74) is 2.52. The fraction of sp³-hybridized carbons (Fsp3) is 0.375. The molecule has 2 aromatic rings. The molecule has 0 bridgehead atoms. The third-order valence-corrected chi connectivity index (χ3v) is 5.23. The van der Waals surface area contributed by atoms with Gasteiger partial charge in [0.2, 0.25) is 0 Å². The molecule has 2 amide bonds. The number of benzene rings is 2. The molecule has 0 radical (unpaired) electrons. The molecule has 1 aliphatic rings. The molecule has 1 fully saturated rings. The van der Waals surface area contributed by atoms with Crippen LogP contribution in [0.3, 0.4) is 0 Å². The summed E-state index contributed by atoms with van der Waals surface area (Å²) in [6.07, 6.45) is 1.10. The number of hydrogen-bond donors (Lipinski definition) is 1. The molecule has 0 spiro atoms. The monoisotopic (exact) mass is 408 g/mol. The van der Waals surface area contributed by atoms with Gasteiger partial charge in [-0.1, -0.05) is 56.3 Å². The van der Waals surface area contributed by atoms with Crippen molar-refractivity contribution in [3.05, 3.63) is 60.2 Å². The molecule has 30 heavy (non-hydrogen) atoms. The summed E-state index contributed by atoms with van der Waals surface area (Å²) in [7, 11) is 0. The van der Waals surface area contributed by atoms with E-state index in [0.717, 1.165) is 17.5 Å². The lowest BCUT2D eigenvalue weighted by molar-refractivity contribution is -0.152. The van der Waals surface area contributed by atoms with Gasteiger partial charge < -0.3 is 15.0 Å². The Morgan fingerprint density at radius 2 is 1.53 bits per heavy atom. The zero-order chi connectivity index (χ0) is 21.5. The van der Waals surface area contributed by atoms with Crippen LogP contribution in [0.1, 0.15) is 30.6 Å². The van der Waals surface area contributed by atoms with Gasteiger partial charge in [-0.05, 0) is 41.5 Å². The second-order valence-electron chi connectivity index (χ2n) is 8.03. The van der Waals surface area contributed by atoms with Gasteiger partial charge in [0.15, 0.2) is 6.61 Å². The van der Waals surface area contributed by atoms with Gasteiger partial charge in [0.05, 0.1) is 0 Å². The minimum absolute atomic E-state index is 0.190. The van der Waals surface area contributed by atoms with E-state index in [0.29, 0.717) is 30.5 Å². The van der Waals surface area contributed by atoms with Gasteiger partial charge in [-0.3, -0.25) is 14.4 Å². The van der Waals surface area contributed by atoms with Crippen LogP contribution in [0.15, 0.2) is 54.6 Å². The van der Waals surface area contributed by atoms with Crippen molar-refractivity contribution < 1.29 is 19.1 Å². The van der Waals surface area contributed by atoms with Crippen molar-refractivity contribution in [1.29, 1.82) is 0 Å². The smallest absolute Gasteiger partial charge is 0.325 e. The Balaban J connectivity index is 1.43. The zero-order valence-electron chi connectivity index (χ0n) is 17.5. The van der Waals surface area contributed by atoms with Crippen LogP contribution in [-0.2, 0) is 14.3 Å². The molecule has 0 aliphatic carbocycles. The first-order chi connectivity index (χ1) is 14.4. The average Bonchev–Trinajstić information content (AvgIpc) is 2.75. The number of nitrogens with zero attached hydrogens (tertiary/aromatic N) is 1. The Labute approximate surface area is 177 Å². The predicted octanol–water partition coefficient (Wildman–Crippen LogP) is 3.13. The average molecular weight is 408 g/mol. The van der Waals surface area contributed by atoms with Crippen molar-refractivity contribution in [2.45, 2.75) is 20.3 Å². The van der Waals surface area contributed by atoms with Crippen LogP contribution in [0.5, 0.6) is 0 Å². The highest BCUT2D eigenvalue weighted by Crippen LogP contribution is 2.21. The van der Waals surface area contributed by atoms with E-state index in [1.807, 2.05) is 42.5 Å². The molecule has 1 aliphatic heterocycles. The van der Waals surface area contributed by atoms with E-state index in [1.165, 1.54) is 0 Å². The molecule has 1 heterocycles. The van der Waals surface area contributed by atoms with Crippen LogP contribution in [0, 0.1) is 11.8 Å². The van der Waals surface area contributed by atoms with E-state index in [2.05, 4.69) is 19.2 Å². The number of rotatable bonds is 6. The first-order valence-corrected chi connectivity index (χ1v) is 10.3. The lowest BCUT2D eigenvalue weighted by Crippen LogP contribution is -2.44. The Hall–Kier alpha value is -3.15. The summed E-state index contributed by atoms with van der Waals surface area (Å²) < 4.78 is 5.05. The van der Waals surface area contributed by atoms with E-state index in [-0.39, 0.29) is 25.0 Å². The molecule has 2 aromatic carbocycles. The van der Waals surface area contributed by atoms with Gasteiger partial charge >= 0.3 is 5.97 Å². The molecule has 0 unspecified atom stereocenters. The number of esters is 1. The fourth-order valence-electron chi connectivity index (χ4n) is 3.85. The highest BCUT2D eigenvalue weighted by Gasteiger charge is 2.25. The van der Waals surface area contributed by atoms with Crippen LogP contribution < -0.4 is 5.32 Å². The van der Waals surface area contributed by atoms with Gasteiger partial charge in [0.1, 0.15) is 6.54 Å². The Morgan fingerprint density at radius 1 is 0.933 bits per heavy atom.